The number of alkyl halides is 12. The highest BCUT2D eigenvalue weighted by Gasteiger charge is 2.49. The fourth-order valence-electron chi connectivity index (χ4n) is 16.5. The van der Waals surface area contributed by atoms with Crippen LogP contribution < -0.4 is 42.2 Å². The fraction of sp³-hybridized carbons (Fsp3) is 0.391. The van der Waals surface area contributed by atoms with E-state index in [0.29, 0.717) is 92.9 Å². The van der Waals surface area contributed by atoms with E-state index in [1.165, 1.54) is 26.1 Å². The molecule has 0 bridgehead atoms. The number of hydrogen-bond donors (Lipinski definition) is 4. The van der Waals surface area contributed by atoms with Gasteiger partial charge in [0, 0.05) is 92.9 Å². The van der Waals surface area contributed by atoms with Crippen LogP contribution in [0.5, 0.6) is 0 Å². The van der Waals surface area contributed by atoms with Crippen LogP contribution in [0.3, 0.4) is 0 Å². The van der Waals surface area contributed by atoms with Gasteiger partial charge in [0.15, 0.2) is 5.82 Å². The summed E-state index contributed by atoms with van der Waals surface area (Å²) in [5.41, 5.74) is 3.77. The fourth-order valence-corrected chi connectivity index (χ4v) is 16.5. The molecule has 4 N–H and O–H groups in total. The number of fused-ring (bicyclic) bond motifs is 3. The average Bonchev–Trinajstić information content (AvgIpc) is 1.33. The first-order valence-corrected chi connectivity index (χ1v) is 41.6. The standard InChI is InChI=1S/C32H29F8N3O6.C30H29F5N4O5.C30H30F5N3O5/c1-15-21(31(35,36)37)11-42(2)29(45)26(15)18-5-4-16(19-12-49-13-20(18)19)8-24(30(46)47-3)41-28(44)27-22(33)9-17(10-23(27)34)43-6-7-48-14-25(43)32(38,39)40;1-15-11-36-27(37-16(15)2)19-5-4-17(20-12-44-13-21(19)20)8-24(29(41)42-3)38-28(40)26-22(31)9-18(10-23(26)32)39-6-7-43-14-25(39)30(33,34)35;1-14-8-15(2)38(4)28(40)25(14)19-7-6-17(20-12-43-13-21(19)20)9-24(29(41)42-5)37-27(39)26-22(31)10-18(11-23(26)32)36-16(3)30(33,34)35/h4-5,9-11,24-25H,6-8,12-14H2,1-3H3,(H,41,44);4-5,9-11,24-25H,6-8,12-14H2,1-3H3,(H,38,40);6-8,10-11,16,24,36H,9,12-13H2,1-5H3,(H,37,39)/t2*24-,25+;16-,24+/m001/s1. The molecule has 14 rings (SSSR count). The molecule has 0 spiro atoms. The lowest BCUT2D eigenvalue weighted by atomic mass is 9.89. The third-order valence-corrected chi connectivity index (χ3v) is 23.8. The molecule has 136 heavy (non-hydrogen) atoms. The molecule has 6 aromatic carbocycles. The van der Waals surface area contributed by atoms with Gasteiger partial charge in [-0.3, -0.25) is 24.0 Å². The van der Waals surface area contributed by atoms with Crippen LogP contribution in [-0.4, -0.2) is 170 Å². The van der Waals surface area contributed by atoms with Crippen LogP contribution in [0.15, 0.2) is 101 Å². The minimum absolute atomic E-state index is 0.0656. The SMILES string of the molecule is COC(=O)[C@H](Cc1ccc(-c2c(C)c(C(F)(F)F)cn(C)c2=O)c2c1COC2)NC(=O)c1c(F)cc(N2CCOC[C@@H]2C(F)(F)F)cc1F.COC(=O)[C@H](Cc1ccc(-c2c(C)cc(C)n(C)c2=O)c2c1COC2)NC(=O)c1c(F)cc(N[C@H](C)C(F)(F)F)cc1F.COC(=O)[C@H](Cc1ccc(-c2ncc(C)c(C)n2)c2c1COC2)NC(=O)c1c(F)cc(N2CCOC[C@@H]2C(F)(F)F)cc1F. The zero-order valence-corrected chi connectivity index (χ0v) is 74.2. The molecule has 2 fully saturated rings. The summed E-state index contributed by atoms with van der Waals surface area (Å²) in [5, 5.41) is 8.75. The normalized spacial score (nSPS) is 16.2. The number of carbonyl (C=O) groups is 6. The van der Waals surface area contributed by atoms with Crippen molar-refractivity contribution < 1.29 is 146 Å². The molecule has 44 heteroatoms. The number of esters is 3. The Balaban J connectivity index is 0.000000184. The molecule has 5 aliphatic rings. The Labute approximate surface area is 762 Å². The first-order valence-electron chi connectivity index (χ1n) is 41.6. The van der Waals surface area contributed by atoms with Gasteiger partial charge in [-0.2, -0.15) is 52.7 Å². The second-order valence-electron chi connectivity index (χ2n) is 32.5. The van der Waals surface area contributed by atoms with Gasteiger partial charge in [-0.15, -0.1) is 0 Å². The predicted octanol–water partition coefficient (Wildman–Crippen LogP) is 14.2. The van der Waals surface area contributed by atoms with Crippen LogP contribution in [0.2, 0.25) is 0 Å². The van der Waals surface area contributed by atoms with Gasteiger partial charge in [0.25, 0.3) is 28.8 Å². The molecule has 8 heterocycles. The lowest BCUT2D eigenvalue weighted by molar-refractivity contribution is -0.167. The molecule has 0 radical (unpaired) electrons. The summed E-state index contributed by atoms with van der Waals surface area (Å²) in [6.45, 7) is 7.82. The molecule has 6 atom stereocenters. The number of benzene rings is 6. The molecule has 0 saturated carbocycles. The Hall–Kier alpha value is -12.9. The molecule has 3 aromatic heterocycles. The molecule has 3 amide bonds. The number of nitrogens with one attached hydrogen (secondary N) is 4. The van der Waals surface area contributed by atoms with Gasteiger partial charge >= 0.3 is 42.6 Å². The summed E-state index contributed by atoms with van der Waals surface area (Å²) < 4.78 is 295. The Kier molecular flexibility index (Phi) is 31.0. The second kappa shape index (κ2) is 41.3. The minimum atomic E-state index is -4.78. The first-order chi connectivity index (χ1) is 63.9. The van der Waals surface area contributed by atoms with Gasteiger partial charge in [-0.25, -0.2) is 50.7 Å². The van der Waals surface area contributed by atoms with E-state index in [0.717, 1.165) is 87.4 Å². The van der Waals surface area contributed by atoms with Crippen LogP contribution >= 0.6 is 0 Å². The Bertz CT molecular complexity index is 6210. The van der Waals surface area contributed by atoms with Crippen molar-refractivity contribution in [2.45, 2.75) is 161 Å². The number of aryl methyl sites for hydroxylation is 5. The number of anilines is 3. The number of morpholine rings is 2. The monoisotopic (exact) mass is 1930 g/mol. The molecule has 5 aliphatic heterocycles. The molecular formula is C92H88F18N10O16. The van der Waals surface area contributed by atoms with Crippen molar-refractivity contribution >= 4 is 52.7 Å². The lowest BCUT2D eigenvalue weighted by Crippen LogP contribution is -2.53. The van der Waals surface area contributed by atoms with Crippen molar-refractivity contribution in [3.8, 4) is 33.6 Å². The van der Waals surface area contributed by atoms with E-state index in [9.17, 15) is 99.8 Å². The number of pyridine rings is 2. The van der Waals surface area contributed by atoms with Crippen LogP contribution in [0.25, 0.3) is 33.6 Å². The van der Waals surface area contributed by atoms with Crippen molar-refractivity contribution in [3.05, 3.63) is 247 Å². The third-order valence-electron chi connectivity index (χ3n) is 23.8. The first kappa shape index (κ1) is 102. The highest BCUT2D eigenvalue weighted by atomic mass is 19.4. The van der Waals surface area contributed by atoms with Gasteiger partial charge in [0.05, 0.1) is 104 Å². The zero-order chi connectivity index (χ0) is 99.6. The molecule has 0 unspecified atom stereocenters. The summed E-state index contributed by atoms with van der Waals surface area (Å²) >= 11 is 0. The number of rotatable bonds is 22. The van der Waals surface area contributed by atoms with Crippen molar-refractivity contribution in [2.24, 2.45) is 14.1 Å². The molecule has 9 aromatic rings. The van der Waals surface area contributed by atoms with E-state index < -0.39 is 190 Å². The maximum absolute atomic E-state index is 15.2. The van der Waals surface area contributed by atoms with Gasteiger partial charge in [0.1, 0.15) is 87.8 Å². The predicted molar refractivity (Wildman–Crippen MR) is 451 cm³/mol. The van der Waals surface area contributed by atoms with E-state index in [1.807, 2.05) is 39.1 Å². The average molecular weight is 1930 g/mol. The maximum atomic E-state index is 15.2. The van der Waals surface area contributed by atoms with Crippen LogP contribution in [0.4, 0.5) is 96.1 Å². The largest absolute Gasteiger partial charge is 0.467 e. The minimum Gasteiger partial charge on any atom is -0.467 e. The molecule has 2 saturated heterocycles. The topological polar surface area (TPSA) is 301 Å². The third kappa shape index (κ3) is 22.1. The molecule has 728 valence electrons. The Morgan fingerprint density at radius 2 is 0.846 bits per heavy atom. The van der Waals surface area contributed by atoms with E-state index in [4.69, 9.17) is 37.9 Å². The highest BCUT2D eigenvalue weighted by Crippen LogP contribution is 2.43. The number of carbonyl (C=O) groups excluding carboxylic acids is 6. The summed E-state index contributed by atoms with van der Waals surface area (Å²) in [4.78, 5) is 114. The van der Waals surface area contributed by atoms with Crippen molar-refractivity contribution in [1.29, 1.82) is 0 Å². The van der Waals surface area contributed by atoms with E-state index in [2.05, 4.69) is 25.9 Å². The molecule has 26 nitrogen and oxygen atoms in total. The van der Waals surface area contributed by atoms with Crippen molar-refractivity contribution in [3.63, 3.8) is 0 Å². The van der Waals surface area contributed by atoms with Gasteiger partial charge in [0.2, 0.25) is 0 Å². The highest BCUT2D eigenvalue weighted by molar-refractivity contribution is 6.00. The second-order valence-corrected chi connectivity index (χ2v) is 32.5. The number of ether oxygens (including phenoxy) is 8. The lowest BCUT2D eigenvalue weighted by Gasteiger charge is -2.38. The van der Waals surface area contributed by atoms with Gasteiger partial charge in [-0.1, -0.05) is 36.4 Å². The van der Waals surface area contributed by atoms with Crippen LogP contribution in [0, 0.1) is 69.5 Å². The number of methoxy groups -OCH3 is 3. The van der Waals surface area contributed by atoms with E-state index >= 15 is 17.6 Å². The number of aromatic nitrogens is 4. The summed E-state index contributed by atoms with van der Waals surface area (Å²) in [7, 11) is 6.05. The quantitative estimate of drug-likeness (QED) is 0.0278. The Morgan fingerprint density at radius 1 is 0.478 bits per heavy atom. The van der Waals surface area contributed by atoms with Gasteiger partial charge in [-0.05, 0) is 162 Å². The number of amides is 3. The number of halogens is 18. The smallest absolute Gasteiger partial charge is 0.418 e. The number of nitrogens with zero attached hydrogens (tertiary/aromatic N) is 6. The number of hydrogen-bond acceptors (Lipinski definition) is 21. The summed E-state index contributed by atoms with van der Waals surface area (Å²) in [6.07, 6.45) is -17.0. The summed E-state index contributed by atoms with van der Waals surface area (Å²) in [5.74, 6) is -14.9. The van der Waals surface area contributed by atoms with Crippen LogP contribution in [0.1, 0.15) is 122 Å². The van der Waals surface area contributed by atoms with Crippen LogP contribution in [-0.2, 0) is 131 Å². The Morgan fingerprint density at radius 3 is 1.21 bits per heavy atom. The molecular weight excluding hydrogens is 1840 g/mol. The van der Waals surface area contributed by atoms with E-state index in [1.54, 1.807) is 42.1 Å². The van der Waals surface area contributed by atoms with Gasteiger partial charge < -0.3 is 78.1 Å². The van der Waals surface area contributed by atoms with Crippen molar-refractivity contribution in [2.75, 3.05) is 76.0 Å². The zero-order valence-electron chi connectivity index (χ0n) is 74.2. The summed E-state index contributed by atoms with van der Waals surface area (Å²) in [6, 6.07) is 4.56. The molecule has 0 aliphatic carbocycles. The maximum Gasteiger partial charge on any atom is 0.418 e. The van der Waals surface area contributed by atoms with Crippen molar-refractivity contribution in [1.82, 2.24) is 35.1 Å². The van der Waals surface area contributed by atoms with E-state index in [-0.39, 0.29) is 107 Å².